The lowest BCUT2D eigenvalue weighted by atomic mass is 9.90. The predicted octanol–water partition coefficient (Wildman–Crippen LogP) is 6.05. The van der Waals surface area contributed by atoms with Crippen molar-refractivity contribution in [2.75, 3.05) is 26.7 Å². The fourth-order valence-electron chi connectivity index (χ4n) is 4.80. The lowest BCUT2D eigenvalue weighted by molar-refractivity contribution is 0.176. The minimum absolute atomic E-state index is 0.200. The molecule has 0 atom stereocenters. The van der Waals surface area contributed by atoms with Crippen LogP contribution >= 0.6 is 0 Å². The first-order valence-electron chi connectivity index (χ1n) is 11.6. The molecule has 0 amide bonds. The van der Waals surface area contributed by atoms with Crippen LogP contribution in [-0.2, 0) is 12.8 Å². The van der Waals surface area contributed by atoms with Crippen molar-refractivity contribution in [3.8, 4) is 5.75 Å². The van der Waals surface area contributed by atoms with E-state index in [-0.39, 0.29) is 5.82 Å². The number of aryl methyl sites for hydroxylation is 2. The van der Waals surface area contributed by atoms with Gasteiger partial charge in [0.1, 0.15) is 11.6 Å². The number of rotatable bonds is 9. The molecule has 1 aromatic heterocycles. The van der Waals surface area contributed by atoms with E-state index < -0.39 is 0 Å². The minimum atomic E-state index is -0.200. The number of piperidine rings is 1. The molecule has 1 aliphatic rings. The van der Waals surface area contributed by atoms with E-state index in [2.05, 4.69) is 40.2 Å². The summed E-state index contributed by atoms with van der Waals surface area (Å²) in [6, 6.07) is 16.5. The van der Waals surface area contributed by atoms with Crippen molar-refractivity contribution in [2.24, 2.45) is 5.92 Å². The number of benzene rings is 2. The first kappa shape index (κ1) is 21.8. The smallest absolute Gasteiger partial charge is 0.145 e. The maximum absolute atomic E-state index is 14.5. The number of methoxy groups -OCH3 is 1. The summed E-state index contributed by atoms with van der Waals surface area (Å²) < 4.78 is 19.8. The van der Waals surface area contributed by atoms with Gasteiger partial charge in [-0.2, -0.15) is 0 Å². The highest BCUT2D eigenvalue weighted by atomic mass is 19.1. The monoisotopic (exact) mass is 420 g/mol. The third-order valence-corrected chi connectivity index (χ3v) is 6.66. The molecule has 2 heterocycles. The first-order valence-corrected chi connectivity index (χ1v) is 11.6. The van der Waals surface area contributed by atoms with E-state index in [0.717, 1.165) is 47.4 Å². The Morgan fingerprint density at radius 1 is 1.03 bits per heavy atom. The summed E-state index contributed by atoms with van der Waals surface area (Å²) in [5, 5.41) is 0.882. The van der Waals surface area contributed by atoms with Gasteiger partial charge in [0.25, 0.3) is 0 Å². The highest BCUT2D eigenvalue weighted by Gasteiger charge is 2.19. The van der Waals surface area contributed by atoms with E-state index in [9.17, 15) is 4.39 Å². The molecule has 0 aliphatic carbocycles. The van der Waals surface area contributed by atoms with Gasteiger partial charge in [-0.1, -0.05) is 36.8 Å². The molecule has 0 spiro atoms. The molecule has 1 saturated heterocycles. The van der Waals surface area contributed by atoms with Crippen molar-refractivity contribution in [1.29, 1.82) is 0 Å². The first-order chi connectivity index (χ1) is 15.2. The van der Waals surface area contributed by atoms with Crippen LogP contribution in [0.1, 0.15) is 43.2 Å². The van der Waals surface area contributed by atoms with Crippen molar-refractivity contribution < 1.29 is 9.13 Å². The van der Waals surface area contributed by atoms with Crippen LogP contribution in [0.25, 0.3) is 10.9 Å². The number of fused-ring (bicyclic) bond motifs is 1. The molecule has 0 radical (unpaired) electrons. The summed E-state index contributed by atoms with van der Waals surface area (Å²) in [5.74, 6) is 1.31. The van der Waals surface area contributed by atoms with E-state index in [0.29, 0.717) is 0 Å². The number of halogens is 1. The molecule has 2 aromatic carbocycles. The number of hydrogen-bond donors (Lipinski definition) is 0. The molecule has 1 aliphatic heterocycles. The lowest BCUT2D eigenvalue weighted by Gasteiger charge is -2.32. The normalized spacial score (nSPS) is 15.4. The molecule has 31 heavy (non-hydrogen) atoms. The fourth-order valence-corrected chi connectivity index (χ4v) is 4.80. The van der Waals surface area contributed by atoms with Crippen molar-refractivity contribution in [3.63, 3.8) is 0 Å². The Morgan fingerprint density at radius 3 is 2.61 bits per heavy atom. The van der Waals surface area contributed by atoms with Crippen molar-refractivity contribution in [1.82, 2.24) is 9.88 Å². The molecule has 0 N–H and O–H groups in total. The highest BCUT2D eigenvalue weighted by molar-refractivity contribution is 5.83. The lowest BCUT2D eigenvalue weighted by Crippen LogP contribution is -2.34. The molecule has 3 nitrogen and oxygen atoms in total. The van der Waals surface area contributed by atoms with Crippen molar-refractivity contribution >= 4 is 10.9 Å². The second-order valence-corrected chi connectivity index (χ2v) is 8.73. The Balaban J connectivity index is 1.22. The molecule has 164 valence electrons. The molecule has 4 rings (SSSR count). The van der Waals surface area contributed by atoms with Gasteiger partial charge in [-0.15, -0.1) is 0 Å². The molecular weight excluding hydrogens is 387 g/mol. The molecular formula is C27H33FN2O. The number of aromatic nitrogens is 1. The van der Waals surface area contributed by atoms with Crippen LogP contribution in [0, 0.1) is 11.7 Å². The summed E-state index contributed by atoms with van der Waals surface area (Å²) in [4.78, 5) is 6.84. The van der Waals surface area contributed by atoms with E-state index in [4.69, 9.17) is 4.74 Å². The van der Waals surface area contributed by atoms with E-state index in [1.54, 1.807) is 7.11 Å². The van der Waals surface area contributed by atoms with E-state index in [1.807, 2.05) is 18.2 Å². The number of pyridine rings is 1. The van der Waals surface area contributed by atoms with Crippen LogP contribution in [0.4, 0.5) is 4.39 Å². The average Bonchev–Trinajstić information content (AvgIpc) is 2.82. The molecule has 0 saturated carbocycles. The van der Waals surface area contributed by atoms with Gasteiger partial charge in [0.2, 0.25) is 0 Å². The van der Waals surface area contributed by atoms with Crippen LogP contribution in [-0.4, -0.2) is 36.6 Å². The standard InChI is InChI=1S/C27H33FN2O/c1-31-23-12-13-27-25(19-23)24(26(28)20-29-27)11-5-9-22-14-17-30(18-15-22)16-6-10-21-7-3-2-4-8-21/h2-4,7-8,12-13,19-20,22H,5-6,9-11,14-18H2,1H3. The Bertz CT molecular complexity index is 968. The number of likely N-dealkylation sites (tertiary alicyclic amines) is 1. The van der Waals surface area contributed by atoms with Crippen LogP contribution in [0.15, 0.2) is 54.7 Å². The third-order valence-electron chi connectivity index (χ3n) is 6.66. The quantitative estimate of drug-likeness (QED) is 0.421. The summed E-state index contributed by atoms with van der Waals surface area (Å²) in [7, 11) is 1.64. The average molecular weight is 421 g/mol. The summed E-state index contributed by atoms with van der Waals surface area (Å²) in [6.45, 7) is 3.59. The van der Waals surface area contributed by atoms with Gasteiger partial charge in [0.05, 0.1) is 18.8 Å². The topological polar surface area (TPSA) is 25.4 Å². The second-order valence-electron chi connectivity index (χ2n) is 8.73. The van der Waals surface area contributed by atoms with Gasteiger partial charge in [-0.25, -0.2) is 4.39 Å². The van der Waals surface area contributed by atoms with Gasteiger partial charge in [0.15, 0.2) is 0 Å². The van der Waals surface area contributed by atoms with Gasteiger partial charge >= 0.3 is 0 Å². The van der Waals surface area contributed by atoms with E-state index >= 15 is 0 Å². The highest BCUT2D eigenvalue weighted by Crippen LogP contribution is 2.28. The van der Waals surface area contributed by atoms with Gasteiger partial charge in [0, 0.05) is 5.39 Å². The van der Waals surface area contributed by atoms with Crippen molar-refractivity contribution in [2.45, 2.75) is 44.9 Å². The van der Waals surface area contributed by atoms with Gasteiger partial charge < -0.3 is 9.64 Å². The van der Waals surface area contributed by atoms with Crippen LogP contribution in [0.2, 0.25) is 0 Å². The number of hydrogen-bond acceptors (Lipinski definition) is 3. The second kappa shape index (κ2) is 10.7. The van der Waals surface area contributed by atoms with Crippen LogP contribution < -0.4 is 4.74 Å². The zero-order valence-corrected chi connectivity index (χ0v) is 18.5. The largest absolute Gasteiger partial charge is 0.497 e. The SMILES string of the molecule is COc1ccc2ncc(F)c(CCCC3CCN(CCCc4ccccc4)CC3)c2c1. The summed E-state index contributed by atoms with van der Waals surface area (Å²) >= 11 is 0. The Morgan fingerprint density at radius 2 is 1.84 bits per heavy atom. The Labute approximate surface area is 185 Å². The molecule has 1 fully saturated rings. The molecule has 4 heteroatoms. The van der Waals surface area contributed by atoms with Crippen LogP contribution in [0.5, 0.6) is 5.75 Å². The van der Waals surface area contributed by atoms with E-state index in [1.165, 1.54) is 57.1 Å². The number of nitrogens with zero attached hydrogens (tertiary/aromatic N) is 2. The predicted molar refractivity (Wildman–Crippen MR) is 125 cm³/mol. The summed E-state index contributed by atoms with van der Waals surface area (Å²) in [5.41, 5.74) is 3.05. The molecule has 0 bridgehead atoms. The summed E-state index contributed by atoms with van der Waals surface area (Å²) in [6.07, 6.45) is 9.23. The zero-order valence-electron chi connectivity index (χ0n) is 18.5. The Hall–Kier alpha value is -2.46. The Kier molecular flexibility index (Phi) is 7.52. The molecule has 3 aromatic rings. The molecule has 0 unspecified atom stereocenters. The zero-order chi connectivity index (χ0) is 21.5. The van der Waals surface area contributed by atoms with Gasteiger partial charge in [-0.05, 0) is 93.4 Å². The maximum atomic E-state index is 14.5. The van der Waals surface area contributed by atoms with Gasteiger partial charge in [-0.3, -0.25) is 4.98 Å². The minimum Gasteiger partial charge on any atom is -0.497 e. The third kappa shape index (κ3) is 5.82. The van der Waals surface area contributed by atoms with Crippen molar-refractivity contribution in [3.05, 3.63) is 71.7 Å². The fraction of sp³-hybridized carbons (Fsp3) is 0.444. The number of ether oxygens (including phenoxy) is 1. The maximum Gasteiger partial charge on any atom is 0.145 e. The van der Waals surface area contributed by atoms with Crippen LogP contribution in [0.3, 0.4) is 0 Å².